The van der Waals surface area contributed by atoms with Crippen LogP contribution in [0.4, 0.5) is 5.95 Å². The summed E-state index contributed by atoms with van der Waals surface area (Å²) < 4.78 is 29.4. The van der Waals surface area contributed by atoms with Crippen molar-refractivity contribution in [2.24, 2.45) is 0 Å². The van der Waals surface area contributed by atoms with Gasteiger partial charge in [0.05, 0.1) is 22.2 Å². The number of aromatic amines is 2. The van der Waals surface area contributed by atoms with E-state index in [2.05, 4.69) is 35.5 Å². The Kier molecular flexibility index (Phi) is 8.31. The van der Waals surface area contributed by atoms with Gasteiger partial charge in [0.1, 0.15) is 0 Å². The van der Waals surface area contributed by atoms with Gasteiger partial charge in [0.15, 0.2) is 5.95 Å². The highest BCUT2D eigenvalue weighted by atomic mass is 32.2. The molecule has 0 radical (unpaired) electrons. The van der Waals surface area contributed by atoms with Crippen molar-refractivity contribution >= 4 is 38.8 Å². The number of unbranched alkanes of at least 4 members (excludes halogenated alkanes) is 1. The Balaban J connectivity index is 1.41. The average Bonchev–Trinajstić information content (AvgIpc) is 3.69. The minimum absolute atomic E-state index is 0.140. The molecule has 3 aromatic carbocycles. The molecule has 13 heteroatoms. The third-order valence-electron chi connectivity index (χ3n) is 6.77. The molecule has 0 fully saturated rings. The van der Waals surface area contributed by atoms with Crippen LogP contribution in [0.2, 0.25) is 0 Å². The monoisotopic (exact) mass is 587 g/mol. The van der Waals surface area contributed by atoms with Crippen molar-refractivity contribution in [1.29, 1.82) is 0 Å². The summed E-state index contributed by atoms with van der Waals surface area (Å²) in [5.41, 5.74) is 0.0807. The Labute approximate surface area is 241 Å². The molecular formula is C29H29N7O5S. The topological polar surface area (TPSA) is 182 Å². The minimum atomic E-state index is -4.39. The predicted molar refractivity (Wildman–Crippen MR) is 157 cm³/mol. The van der Waals surface area contributed by atoms with E-state index in [4.69, 9.17) is 0 Å². The number of H-pyrrole nitrogens is 2. The molecular weight excluding hydrogens is 558 g/mol. The maximum absolute atomic E-state index is 13.6. The number of hydrogen-bond donors (Lipinski definition) is 6. The van der Waals surface area contributed by atoms with E-state index in [1.807, 2.05) is 30.3 Å². The van der Waals surface area contributed by atoms with Gasteiger partial charge in [-0.2, -0.15) is 9.82 Å². The maximum Gasteiger partial charge on any atom is 0.345 e. The van der Waals surface area contributed by atoms with E-state index in [1.54, 1.807) is 36.7 Å². The number of anilines is 1. The first-order chi connectivity index (χ1) is 20.3. The minimum Gasteiger partial charge on any atom is -0.478 e. The van der Waals surface area contributed by atoms with Gasteiger partial charge in [-0.3, -0.25) is 9.89 Å². The number of carboxylic acids is 1. The number of sulfonamides is 1. The van der Waals surface area contributed by atoms with E-state index < -0.39 is 27.6 Å². The number of hydrogen-bond acceptors (Lipinski definition) is 7. The smallest absolute Gasteiger partial charge is 0.345 e. The lowest BCUT2D eigenvalue weighted by Gasteiger charge is -2.31. The Bertz CT molecular complexity index is 1770. The number of aromatic nitrogens is 4. The molecule has 2 aromatic heterocycles. The van der Waals surface area contributed by atoms with Gasteiger partial charge in [-0.15, -0.1) is 0 Å². The van der Waals surface area contributed by atoms with Crippen molar-refractivity contribution in [3.63, 3.8) is 0 Å². The number of benzene rings is 3. The van der Waals surface area contributed by atoms with Crippen molar-refractivity contribution in [1.82, 2.24) is 30.2 Å². The summed E-state index contributed by atoms with van der Waals surface area (Å²) >= 11 is 0. The lowest BCUT2D eigenvalue weighted by molar-refractivity contribution is -0.145. The summed E-state index contributed by atoms with van der Waals surface area (Å²) in [6.07, 6.45) is 5.20. The highest BCUT2D eigenvalue weighted by Gasteiger charge is 2.44. The number of carbonyl (C=O) groups is 2. The van der Waals surface area contributed by atoms with Crippen LogP contribution >= 0.6 is 0 Å². The summed E-state index contributed by atoms with van der Waals surface area (Å²) in [5.74, 6) is -1.75. The number of aliphatic carboxylic acids is 1. The molecule has 0 spiro atoms. The van der Waals surface area contributed by atoms with E-state index in [-0.39, 0.29) is 23.3 Å². The molecule has 0 bridgehead atoms. The number of nitrogens with zero attached hydrogens (tertiary/aromatic N) is 2. The fourth-order valence-corrected chi connectivity index (χ4v) is 5.91. The second-order valence-electron chi connectivity index (χ2n) is 9.62. The molecule has 0 aliphatic rings. The van der Waals surface area contributed by atoms with Crippen molar-refractivity contribution in [3.8, 4) is 11.1 Å². The molecule has 216 valence electrons. The van der Waals surface area contributed by atoms with Crippen molar-refractivity contribution in [2.45, 2.75) is 29.8 Å². The maximum atomic E-state index is 13.6. The zero-order valence-electron chi connectivity index (χ0n) is 22.4. The van der Waals surface area contributed by atoms with E-state index in [0.717, 1.165) is 11.1 Å². The molecule has 6 N–H and O–H groups in total. The van der Waals surface area contributed by atoms with Gasteiger partial charge in [0, 0.05) is 24.3 Å². The zero-order valence-corrected chi connectivity index (χ0v) is 23.2. The molecule has 0 aliphatic heterocycles. The Morgan fingerprint density at radius 2 is 1.69 bits per heavy atom. The van der Waals surface area contributed by atoms with Crippen LogP contribution in [0.1, 0.15) is 29.6 Å². The van der Waals surface area contributed by atoms with Crippen molar-refractivity contribution in [2.75, 3.05) is 11.9 Å². The first kappa shape index (κ1) is 28.5. The number of carboxylic acid groups (broad SMARTS) is 1. The van der Waals surface area contributed by atoms with E-state index in [9.17, 15) is 23.1 Å². The van der Waals surface area contributed by atoms with E-state index in [1.165, 1.54) is 24.4 Å². The molecule has 2 heterocycles. The standard InChI is InChI=1S/C29H29N7O5S/c37-26(23-9-6-10-25-24(23)19-33-35-25)34-29(27(38)39,15-4-5-16-30-28-31-17-18-32-28)36-42(40,41)22-13-11-21(12-14-22)20-7-2-1-3-8-20/h1-3,6-14,17-19,36H,4-5,15-16H2,(H,33,35)(H,34,37)(H,38,39)(H2,30,31,32). The molecule has 1 atom stereocenters. The number of amides is 1. The molecule has 5 aromatic rings. The Morgan fingerprint density at radius 1 is 0.929 bits per heavy atom. The van der Waals surface area contributed by atoms with Crippen LogP contribution in [0, 0.1) is 0 Å². The number of carbonyl (C=O) groups excluding carboxylic acids is 1. The molecule has 12 nitrogen and oxygen atoms in total. The molecule has 5 rings (SSSR count). The van der Waals surface area contributed by atoms with Crippen LogP contribution < -0.4 is 15.4 Å². The molecule has 0 saturated heterocycles. The fraction of sp³-hybridized carbons (Fsp3) is 0.172. The normalized spacial score (nSPS) is 13.0. The Hall–Kier alpha value is -5.01. The van der Waals surface area contributed by atoms with Gasteiger partial charge >= 0.3 is 5.97 Å². The number of imidazole rings is 1. The average molecular weight is 588 g/mol. The van der Waals surface area contributed by atoms with Gasteiger partial charge in [0.25, 0.3) is 5.91 Å². The lowest BCUT2D eigenvalue weighted by atomic mass is 10.0. The first-order valence-electron chi connectivity index (χ1n) is 13.2. The zero-order chi connectivity index (χ0) is 29.6. The predicted octanol–water partition coefficient (Wildman–Crippen LogP) is 3.72. The van der Waals surface area contributed by atoms with Crippen LogP contribution in [0.3, 0.4) is 0 Å². The second kappa shape index (κ2) is 12.2. The summed E-state index contributed by atoms with van der Waals surface area (Å²) in [4.78, 5) is 33.1. The van der Waals surface area contributed by atoms with Crippen LogP contribution in [-0.2, 0) is 14.8 Å². The molecule has 1 amide bonds. The molecule has 0 aliphatic carbocycles. The molecule has 42 heavy (non-hydrogen) atoms. The number of fused-ring (bicyclic) bond motifs is 1. The van der Waals surface area contributed by atoms with E-state index in [0.29, 0.717) is 29.8 Å². The third kappa shape index (κ3) is 6.32. The van der Waals surface area contributed by atoms with E-state index >= 15 is 0 Å². The second-order valence-corrected chi connectivity index (χ2v) is 11.3. The van der Waals surface area contributed by atoms with Crippen LogP contribution in [0.25, 0.3) is 22.0 Å². The van der Waals surface area contributed by atoms with Gasteiger partial charge < -0.3 is 20.7 Å². The summed E-state index contributed by atoms with van der Waals surface area (Å²) in [7, 11) is -4.39. The highest BCUT2D eigenvalue weighted by molar-refractivity contribution is 7.89. The lowest BCUT2D eigenvalue weighted by Crippen LogP contribution is -2.65. The van der Waals surface area contributed by atoms with Gasteiger partial charge in [-0.05, 0) is 54.7 Å². The van der Waals surface area contributed by atoms with Gasteiger partial charge in [-0.25, -0.2) is 18.2 Å². The van der Waals surface area contributed by atoms with Crippen LogP contribution in [0.5, 0.6) is 0 Å². The summed E-state index contributed by atoms with van der Waals surface area (Å²) in [5, 5.41) is 23.1. The number of rotatable bonds is 13. The molecule has 0 saturated carbocycles. The quantitative estimate of drug-likeness (QED) is 0.0890. The SMILES string of the molecule is O=C(NC(CCCCNc1ncc[nH]1)(NS(=O)(=O)c1ccc(-c2ccccc2)cc1)C(=O)O)c1cccc2[nH]ncc12. The highest BCUT2D eigenvalue weighted by Crippen LogP contribution is 2.24. The first-order valence-corrected chi connectivity index (χ1v) is 14.7. The summed E-state index contributed by atoms with van der Waals surface area (Å²) in [6, 6.07) is 20.4. The van der Waals surface area contributed by atoms with Gasteiger partial charge in [-0.1, -0.05) is 48.5 Å². The van der Waals surface area contributed by atoms with Crippen molar-refractivity contribution in [3.05, 3.63) is 97.0 Å². The third-order valence-corrected chi connectivity index (χ3v) is 8.28. The van der Waals surface area contributed by atoms with Crippen LogP contribution in [0.15, 0.2) is 96.3 Å². The fourth-order valence-electron chi connectivity index (χ4n) is 4.60. The molecule has 1 unspecified atom stereocenters. The van der Waals surface area contributed by atoms with Crippen molar-refractivity contribution < 1.29 is 23.1 Å². The summed E-state index contributed by atoms with van der Waals surface area (Å²) in [6.45, 7) is 0.444. The van der Waals surface area contributed by atoms with Gasteiger partial charge in [0.2, 0.25) is 15.7 Å². The largest absolute Gasteiger partial charge is 0.478 e. The Morgan fingerprint density at radius 3 is 2.40 bits per heavy atom. The van der Waals surface area contributed by atoms with Crippen LogP contribution in [-0.4, -0.2) is 57.8 Å². The number of nitrogens with one attached hydrogen (secondary N) is 5.